The van der Waals surface area contributed by atoms with Crippen LogP contribution in [-0.4, -0.2) is 47.2 Å². The van der Waals surface area contributed by atoms with Crippen LogP contribution in [0.4, 0.5) is 5.95 Å². The molecule has 0 bridgehead atoms. The molecule has 2 heterocycles. The molecule has 0 aliphatic carbocycles. The summed E-state index contributed by atoms with van der Waals surface area (Å²) in [5, 5.41) is 16.2. The molecule has 0 radical (unpaired) electrons. The van der Waals surface area contributed by atoms with Crippen LogP contribution >= 0.6 is 11.6 Å². The number of nitrogens with one attached hydrogen (secondary N) is 2. The second kappa shape index (κ2) is 13.0. The smallest absolute Gasteiger partial charge is 0.262 e. The number of fused-ring (bicyclic) bond motifs is 1. The highest BCUT2D eigenvalue weighted by molar-refractivity contribution is 6.35. The number of pyridine rings is 1. The molecule has 11 heteroatoms. The number of nitrogens with zero attached hydrogens (tertiary/aromatic N) is 4. The van der Waals surface area contributed by atoms with Gasteiger partial charge in [-0.2, -0.15) is 10.2 Å². The van der Waals surface area contributed by atoms with Crippen molar-refractivity contribution in [3.05, 3.63) is 80.7 Å². The molecule has 0 aliphatic rings. The van der Waals surface area contributed by atoms with Crippen LogP contribution < -0.4 is 25.7 Å². The highest BCUT2D eigenvalue weighted by Crippen LogP contribution is 2.38. The maximum Gasteiger partial charge on any atom is 0.262 e. The normalized spacial score (nSPS) is 11.6. The first-order valence-electron chi connectivity index (χ1n) is 13.5. The van der Waals surface area contributed by atoms with Gasteiger partial charge >= 0.3 is 0 Å². The minimum atomic E-state index is -0.459. The van der Waals surface area contributed by atoms with Crippen LogP contribution in [0, 0.1) is 11.3 Å². The van der Waals surface area contributed by atoms with Gasteiger partial charge in [-0.1, -0.05) is 35.9 Å². The van der Waals surface area contributed by atoms with Crippen molar-refractivity contribution < 1.29 is 14.3 Å². The number of nitriles is 1. The Bertz CT molecular complexity index is 1800. The van der Waals surface area contributed by atoms with Crippen molar-refractivity contribution in [3.8, 4) is 28.7 Å². The van der Waals surface area contributed by atoms with Crippen molar-refractivity contribution in [2.45, 2.75) is 39.3 Å². The number of hydrogen-bond donors (Lipinski definition) is 2. The molecule has 0 aliphatic heterocycles. The van der Waals surface area contributed by atoms with Crippen molar-refractivity contribution >= 4 is 40.6 Å². The van der Waals surface area contributed by atoms with Gasteiger partial charge in [0.2, 0.25) is 5.95 Å². The lowest BCUT2D eigenvalue weighted by Crippen LogP contribution is -2.41. The highest BCUT2D eigenvalue weighted by Gasteiger charge is 2.20. The number of aryl methyl sites for hydroxylation is 2. The van der Waals surface area contributed by atoms with Crippen LogP contribution in [0.5, 0.6) is 11.5 Å². The summed E-state index contributed by atoms with van der Waals surface area (Å²) in [6.07, 6.45) is 3.71. The topological polar surface area (TPSA) is 131 Å². The zero-order valence-corrected chi connectivity index (χ0v) is 25.7. The summed E-state index contributed by atoms with van der Waals surface area (Å²) in [6, 6.07) is 14.5. The highest BCUT2D eigenvalue weighted by atomic mass is 35.5. The molecule has 2 N–H and O–H groups in total. The summed E-state index contributed by atoms with van der Waals surface area (Å²) in [5.41, 5.74) is 2.23. The van der Waals surface area contributed by atoms with Crippen molar-refractivity contribution in [2.24, 2.45) is 0 Å². The number of benzene rings is 2. The first-order valence-corrected chi connectivity index (χ1v) is 13.9. The Labute approximate surface area is 254 Å². The lowest BCUT2D eigenvalue weighted by molar-refractivity contribution is -0.118. The Hall–Kier alpha value is -4.88. The van der Waals surface area contributed by atoms with Gasteiger partial charge in [0, 0.05) is 47.9 Å². The molecule has 2 aromatic carbocycles. The van der Waals surface area contributed by atoms with E-state index < -0.39 is 11.4 Å². The third-order valence-electron chi connectivity index (χ3n) is 6.58. The SMILES string of the molecule is CNc1ncc2cc(-c3cc(OC)cc(OC)c3Cl)c(=O)n(CCc3ccc(C=C(C#N)C(=O)NC(C)(C)C)cc3)c2n1. The van der Waals surface area contributed by atoms with Crippen molar-refractivity contribution in [1.82, 2.24) is 19.9 Å². The number of amides is 1. The fraction of sp³-hybridized carbons (Fsp3) is 0.281. The van der Waals surface area contributed by atoms with Gasteiger partial charge in [0.15, 0.2) is 0 Å². The fourth-order valence-corrected chi connectivity index (χ4v) is 4.75. The van der Waals surface area contributed by atoms with Gasteiger partial charge in [-0.25, -0.2) is 4.98 Å². The molecule has 4 aromatic rings. The molecule has 2 aromatic heterocycles. The van der Waals surface area contributed by atoms with Crippen molar-refractivity contribution in [2.75, 3.05) is 26.6 Å². The molecule has 222 valence electrons. The lowest BCUT2D eigenvalue weighted by atomic mass is 10.0. The molecule has 0 saturated heterocycles. The van der Waals surface area contributed by atoms with E-state index in [4.69, 9.17) is 21.1 Å². The maximum absolute atomic E-state index is 14.0. The van der Waals surface area contributed by atoms with E-state index in [-0.39, 0.29) is 16.2 Å². The van der Waals surface area contributed by atoms with E-state index in [9.17, 15) is 14.9 Å². The second-order valence-corrected chi connectivity index (χ2v) is 11.2. The molecule has 0 spiro atoms. The van der Waals surface area contributed by atoms with Crippen molar-refractivity contribution in [3.63, 3.8) is 0 Å². The number of aromatic nitrogens is 3. The summed E-state index contributed by atoms with van der Waals surface area (Å²) in [4.78, 5) is 35.4. The number of halogens is 1. The minimum Gasteiger partial charge on any atom is -0.497 e. The Kier molecular flexibility index (Phi) is 9.37. The van der Waals surface area contributed by atoms with Crippen LogP contribution in [0.3, 0.4) is 0 Å². The van der Waals surface area contributed by atoms with Crippen LogP contribution in [0.1, 0.15) is 31.9 Å². The third kappa shape index (κ3) is 7.13. The van der Waals surface area contributed by atoms with Crippen LogP contribution in [0.25, 0.3) is 28.2 Å². The van der Waals surface area contributed by atoms with Gasteiger partial charge in [-0.05, 0) is 56.5 Å². The Morgan fingerprint density at radius 1 is 1.12 bits per heavy atom. The molecule has 43 heavy (non-hydrogen) atoms. The van der Waals surface area contributed by atoms with E-state index in [1.54, 1.807) is 42.1 Å². The predicted molar refractivity (Wildman–Crippen MR) is 169 cm³/mol. The molecular weight excluding hydrogens is 568 g/mol. The summed E-state index contributed by atoms with van der Waals surface area (Å²) in [5.74, 6) is 0.832. The second-order valence-electron chi connectivity index (χ2n) is 10.8. The average Bonchev–Trinajstić information content (AvgIpc) is 2.98. The van der Waals surface area contributed by atoms with Crippen molar-refractivity contribution in [1.29, 1.82) is 5.26 Å². The van der Waals surface area contributed by atoms with Gasteiger partial charge < -0.3 is 20.1 Å². The van der Waals surface area contributed by atoms with Gasteiger partial charge in [-0.3, -0.25) is 14.2 Å². The number of ether oxygens (including phenoxy) is 2. The number of carbonyl (C=O) groups excluding carboxylic acids is 1. The van der Waals surface area contributed by atoms with Crippen LogP contribution in [0.15, 0.2) is 59.0 Å². The largest absolute Gasteiger partial charge is 0.497 e. The van der Waals surface area contributed by atoms with Gasteiger partial charge in [0.1, 0.15) is 28.8 Å². The Morgan fingerprint density at radius 2 is 1.84 bits per heavy atom. The summed E-state index contributed by atoms with van der Waals surface area (Å²) < 4.78 is 12.4. The quantitative estimate of drug-likeness (QED) is 0.197. The van der Waals surface area contributed by atoms with E-state index in [2.05, 4.69) is 20.6 Å². The van der Waals surface area contributed by atoms with E-state index in [1.165, 1.54) is 14.2 Å². The van der Waals surface area contributed by atoms with Gasteiger partial charge in [-0.15, -0.1) is 0 Å². The minimum absolute atomic E-state index is 0.0189. The predicted octanol–water partition coefficient (Wildman–Crippen LogP) is 5.24. The zero-order valence-electron chi connectivity index (χ0n) is 24.9. The molecule has 4 rings (SSSR count). The van der Waals surface area contributed by atoms with Crippen LogP contribution in [-0.2, 0) is 17.8 Å². The third-order valence-corrected chi connectivity index (χ3v) is 6.97. The number of hydrogen-bond acceptors (Lipinski definition) is 8. The van der Waals surface area contributed by atoms with E-state index >= 15 is 0 Å². The zero-order chi connectivity index (χ0) is 31.3. The Balaban J connectivity index is 1.71. The first-order chi connectivity index (χ1) is 20.5. The molecular formula is C32H33ClN6O4. The monoisotopic (exact) mass is 600 g/mol. The summed E-state index contributed by atoms with van der Waals surface area (Å²) >= 11 is 6.66. The Morgan fingerprint density at radius 3 is 2.44 bits per heavy atom. The standard InChI is InChI=1S/C32H33ClN6O4/c1-32(2,3)38-29(40)21(17-34)13-20-9-7-19(8-10-20)11-12-39-28-22(18-36-31(35-4)37-28)14-25(30(39)41)24-15-23(42-5)16-26(43-6)27(24)33/h7-10,13-16,18H,11-12H2,1-6H3,(H,38,40)(H,35,36,37). The molecule has 0 atom stereocenters. The number of anilines is 1. The van der Waals surface area contributed by atoms with E-state index in [1.807, 2.05) is 51.1 Å². The number of carbonyl (C=O) groups is 1. The van der Waals surface area contributed by atoms with Gasteiger partial charge in [0.25, 0.3) is 11.5 Å². The lowest BCUT2D eigenvalue weighted by Gasteiger charge is -2.20. The van der Waals surface area contributed by atoms with E-state index in [0.717, 1.165) is 5.56 Å². The molecule has 0 unspecified atom stereocenters. The summed E-state index contributed by atoms with van der Waals surface area (Å²) in [7, 11) is 4.74. The summed E-state index contributed by atoms with van der Waals surface area (Å²) in [6.45, 7) is 5.88. The first kappa shape index (κ1) is 31.1. The van der Waals surface area contributed by atoms with E-state index in [0.29, 0.717) is 58.1 Å². The number of methoxy groups -OCH3 is 2. The molecule has 0 fully saturated rings. The fourth-order valence-electron chi connectivity index (χ4n) is 4.46. The average molecular weight is 601 g/mol. The van der Waals surface area contributed by atoms with Crippen LogP contribution in [0.2, 0.25) is 5.02 Å². The van der Waals surface area contributed by atoms with Gasteiger partial charge in [0.05, 0.1) is 19.2 Å². The molecule has 10 nitrogen and oxygen atoms in total. The number of rotatable bonds is 9. The molecule has 0 saturated carbocycles. The molecule has 1 amide bonds. The maximum atomic E-state index is 14.0.